The summed E-state index contributed by atoms with van der Waals surface area (Å²) in [5, 5.41) is 0. The molecule has 0 radical (unpaired) electrons. The van der Waals surface area contributed by atoms with Gasteiger partial charge in [0.1, 0.15) is 17.9 Å². The number of nitrogens with zero attached hydrogens (tertiary/aromatic N) is 1. The summed E-state index contributed by atoms with van der Waals surface area (Å²) < 4.78 is 26.4. The van der Waals surface area contributed by atoms with Gasteiger partial charge < -0.3 is 4.79 Å². The van der Waals surface area contributed by atoms with E-state index in [1.54, 1.807) is 7.05 Å². The van der Waals surface area contributed by atoms with Crippen molar-refractivity contribution in [2.45, 2.75) is 6.04 Å². The zero-order valence-electron chi connectivity index (χ0n) is 8.78. The molecule has 1 atom stereocenters. The lowest BCUT2D eigenvalue weighted by Gasteiger charge is -2.21. The molecule has 1 aromatic rings. The summed E-state index contributed by atoms with van der Waals surface area (Å²) in [5.41, 5.74) is -0.00671. The van der Waals surface area contributed by atoms with Gasteiger partial charge >= 0.3 is 0 Å². The fourth-order valence-corrected chi connectivity index (χ4v) is 1.40. The van der Waals surface area contributed by atoms with Gasteiger partial charge in [0.2, 0.25) is 0 Å². The molecule has 0 fully saturated rings. The molecule has 1 unspecified atom stereocenters. The van der Waals surface area contributed by atoms with Gasteiger partial charge in [-0.2, -0.15) is 0 Å². The molecule has 4 heteroatoms. The van der Waals surface area contributed by atoms with Crippen molar-refractivity contribution in [3.8, 4) is 12.3 Å². The van der Waals surface area contributed by atoms with Crippen molar-refractivity contribution < 1.29 is 13.6 Å². The summed E-state index contributed by atoms with van der Waals surface area (Å²) in [6.45, 7) is 0.180. The molecule has 0 aliphatic rings. The summed E-state index contributed by atoms with van der Waals surface area (Å²) in [6.07, 6.45) is 5.63. The van der Waals surface area contributed by atoms with E-state index in [2.05, 4.69) is 5.92 Å². The Morgan fingerprint density at radius 1 is 1.56 bits per heavy atom. The van der Waals surface area contributed by atoms with Crippen LogP contribution in [-0.2, 0) is 4.79 Å². The van der Waals surface area contributed by atoms with Gasteiger partial charge in [-0.25, -0.2) is 8.78 Å². The van der Waals surface area contributed by atoms with Gasteiger partial charge in [-0.15, -0.1) is 6.42 Å². The van der Waals surface area contributed by atoms with Crippen LogP contribution >= 0.6 is 0 Å². The number of benzene rings is 1. The van der Waals surface area contributed by atoms with Crippen LogP contribution in [0.25, 0.3) is 0 Å². The molecule has 0 bridgehead atoms. The van der Waals surface area contributed by atoms with Crippen molar-refractivity contribution in [3.05, 3.63) is 35.4 Å². The summed E-state index contributed by atoms with van der Waals surface area (Å²) in [5.74, 6) is 1.13. The van der Waals surface area contributed by atoms with Crippen molar-refractivity contribution in [1.29, 1.82) is 0 Å². The van der Waals surface area contributed by atoms with Crippen molar-refractivity contribution in [2.24, 2.45) is 0 Å². The lowest BCUT2D eigenvalue weighted by molar-refractivity contribution is -0.112. The van der Waals surface area contributed by atoms with Crippen LogP contribution < -0.4 is 0 Å². The molecule has 1 aromatic carbocycles. The van der Waals surface area contributed by atoms with E-state index in [0.717, 1.165) is 18.2 Å². The van der Waals surface area contributed by atoms with E-state index in [1.165, 1.54) is 4.90 Å². The molecule has 0 aliphatic carbocycles. The number of hydrogen-bond donors (Lipinski definition) is 0. The lowest BCUT2D eigenvalue weighted by atomic mass is 10.1. The number of aldehydes is 1. The molecule has 16 heavy (non-hydrogen) atoms. The van der Waals surface area contributed by atoms with E-state index in [0.29, 0.717) is 6.29 Å². The summed E-state index contributed by atoms with van der Waals surface area (Å²) in [6, 6.07) is 2.13. The average Bonchev–Trinajstić information content (AvgIpc) is 2.24. The van der Waals surface area contributed by atoms with Crippen LogP contribution in [0.5, 0.6) is 0 Å². The molecule has 0 saturated carbocycles. The third-order valence-corrected chi connectivity index (χ3v) is 2.22. The van der Waals surface area contributed by atoms with Crippen LogP contribution in [0.15, 0.2) is 18.2 Å². The number of carbonyl (C=O) groups excluding carboxylic acids is 1. The van der Waals surface area contributed by atoms with Crippen molar-refractivity contribution in [2.75, 3.05) is 13.6 Å². The third kappa shape index (κ3) is 2.65. The highest BCUT2D eigenvalue weighted by Gasteiger charge is 2.19. The van der Waals surface area contributed by atoms with Gasteiger partial charge in [0.25, 0.3) is 0 Å². The number of rotatable bonds is 4. The van der Waals surface area contributed by atoms with Gasteiger partial charge in [-0.05, 0) is 25.2 Å². The minimum atomic E-state index is -0.869. The van der Waals surface area contributed by atoms with Crippen molar-refractivity contribution in [1.82, 2.24) is 4.90 Å². The molecule has 1 rings (SSSR count). The first-order chi connectivity index (χ1) is 7.60. The number of halogens is 2. The van der Waals surface area contributed by atoms with E-state index in [9.17, 15) is 13.6 Å². The molecule has 0 saturated heterocycles. The lowest BCUT2D eigenvalue weighted by Crippen LogP contribution is -2.27. The molecular weight excluding hydrogens is 212 g/mol. The van der Waals surface area contributed by atoms with Crippen LogP contribution in [0.4, 0.5) is 8.78 Å². The number of likely N-dealkylation sites (N-methyl/N-ethyl adjacent to an activating group) is 1. The molecule has 0 amide bonds. The van der Waals surface area contributed by atoms with Crippen LogP contribution in [0.1, 0.15) is 11.6 Å². The Morgan fingerprint density at radius 3 is 2.81 bits per heavy atom. The van der Waals surface area contributed by atoms with E-state index < -0.39 is 17.7 Å². The van der Waals surface area contributed by atoms with Crippen molar-refractivity contribution in [3.63, 3.8) is 0 Å². The van der Waals surface area contributed by atoms with Gasteiger partial charge in [0.15, 0.2) is 0 Å². The van der Waals surface area contributed by atoms with E-state index >= 15 is 0 Å². The average molecular weight is 223 g/mol. The number of terminal acetylenes is 1. The predicted octanol–water partition coefficient (Wildman–Crippen LogP) is 1.77. The first-order valence-corrected chi connectivity index (χ1v) is 4.64. The minimum Gasteiger partial charge on any atom is -0.301 e. The summed E-state index contributed by atoms with van der Waals surface area (Å²) in [7, 11) is 1.57. The fourth-order valence-electron chi connectivity index (χ4n) is 1.40. The molecular formula is C12H11F2NO. The largest absolute Gasteiger partial charge is 0.301 e. The standard InChI is InChI=1S/C12H11F2NO/c1-3-6-15(2)12(8-16)10-7-9(13)4-5-11(10)14/h1,4-5,7-8,12H,6H2,2H3. The fraction of sp³-hybridized carbons (Fsp3) is 0.250. The zero-order valence-corrected chi connectivity index (χ0v) is 8.78. The Hall–Kier alpha value is -1.73. The van der Waals surface area contributed by atoms with Crippen LogP contribution in [0, 0.1) is 24.0 Å². The smallest absolute Gasteiger partial charge is 0.141 e. The van der Waals surface area contributed by atoms with Crippen LogP contribution in [0.2, 0.25) is 0 Å². The summed E-state index contributed by atoms with van der Waals surface area (Å²) >= 11 is 0. The first-order valence-electron chi connectivity index (χ1n) is 4.64. The van der Waals surface area contributed by atoms with E-state index in [1.807, 2.05) is 0 Å². The Bertz CT molecular complexity index is 426. The van der Waals surface area contributed by atoms with E-state index in [-0.39, 0.29) is 12.1 Å². The molecule has 0 heterocycles. The summed E-state index contributed by atoms with van der Waals surface area (Å²) in [4.78, 5) is 12.3. The molecule has 0 aliphatic heterocycles. The first kappa shape index (κ1) is 12.3. The second kappa shape index (κ2) is 5.38. The Morgan fingerprint density at radius 2 is 2.25 bits per heavy atom. The maximum atomic E-state index is 13.4. The number of hydrogen-bond acceptors (Lipinski definition) is 2. The molecule has 0 aromatic heterocycles. The quantitative estimate of drug-likeness (QED) is 0.572. The second-order valence-electron chi connectivity index (χ2n) is 3.37. The topological polar surface area (TPSA) is 20.3 Å². The van der Waals surface area contributed by atoms with Gasteiger partial charge in [0, 0.05) is 5.56 Å². The number of carbonyl (C=O) groups is 1. The van der Waals surface area contributed by atoms with Gasteiger partial charge in [0.05, 0.1) is 12.6 Å². The normalized spacial score (nSPS) is 12.2. The zero-order chi connectivity index (χ0) is 12.1. The molecule has 84 valence electrons. The van der Waals surface area contributed by atoms with Crippen molar-refractivity contribution >= 4 is 6.29 Å². The van der Waals surface area contributed by atoms with Gasteiger partial charge in [-0.1, -0.05) is 5.92 Å². The van der Waals surface area contributed by atoms with E-state index in [4.69, 9.17) is 6.42 Å². The second-order valence-corrected chi connectivity index (χ2v) is 3.37. The highest BCUT2D eigenvalue weighted by molar-refractivity contribution is 5.61. The Labute approximate surface area is 92.9 Å². The maximum absolute atomic E-state index is 13.4. The Kier molecular flexibility index (Phi) is 4.15. The maximum Gasteiger partial charge on any atom is 0.141 e. The predicted molar refractivity (Wildman–Crippen MR) is 56.6 cm³/mol. The minimum absolute atomic E-state index is 0.00671. The van der Waals surface area contributed by atoms with Crippen LogP contribution in [-0.4, -0.2) is 24.8 Å². The molecule has 0 N–H and O–H groups in total. The third-order valence-electron chi connectivity index (χ3n) is 2.22. The van der Waals surface area contributed by atoms with Crippen LogP contribution in [0.3, 0.4) is 0 Å². The SMILES string of the molecule is C#CCN(C)C(C=O)c1cc(F)ccc1F. The Balaban J connectivity index is 3.08. The molecule has 2 nitrogen and oxygen atoms in total. The highest BCUT2D eigenvalue weighted by Crippen LogP contribution is 2.21. The van der Waals surface area contributed by atoms with Gasteiger partial charge in [-0.3, -0.25) is 4.90 Å². The highest BCUT2D eigenvalue weighted by atomic mass is 19.1. The molecule has 0 spiro atoms. The monoisotopic (exact) mass is 223 g/mol.